The summed E-state index contributed by atoms with van der Waals surface area (Å²) in [4.78, 5) is 0.0314. The second-order valence-electron chi connectivity index (χ2n) is 5.44. The van der Waals surface area contributed by atoms with Crippen LogP contribution in [-0.4, -0.2) is 31.8 Å². The lowest BCUT2D eigenvalue weighted by Crippen LogP contribution is -2.28. The minimum atomic E-state index is -3.71. The molecule has 6 nitrogen and oxygen atoms in total. The van der Waals surface area contributed by atoms with Crippen LogP contribution >= 0.6 is 23.2 Å². The zero-order chi connectivity index (χ0) is 19.3. The van der Waals surface area contributed by atoms with E-state index in [0.29, 0.717) is 5.88 Å². The van der Waals surface area contributed by atoms with E-state index >= 15 is 0 Å². The summed E-state index contributed by atoms with van der Waals surface area (Å²) in [6.45, 7) is 0.157. The van der Waals surface area contributed by atoms with E-state index in [-0.39, 0.29) is 28.1 Å². The first-order valence-corrected chi connectivity index (χ1v) is 10.2. The van der Waals surface area contributed by atoms with Crippen LogP contribution < -0.4 is 9.46 Å². The number of ether oxygens (including phenoxy) is 1. The van der Waals surface area contributed by atoms with Gasteiger partial charge in [0, 0.05) is 18.2 Å². The van der Waals surface area contributed by atoms with Gasteiger partial charge >= 0.3 is 0 Å². The number of aromatic nitrogens is 2. The largest absolute Gasteiger partial charge is 0.475 e. The topological polar surface area (TPSA) is 81.2 Å². The summed E-state index contributed by atoms with van der Waals surface area (Å²) in [7, 11) is -3.71. The highest BCUT2D eigenvalue weighted by atomic mass is 35.5. The molecule has 0 aliphatic heterocycles. The monoisotopic (exact) mass is 423 g/mol. The molecule has 1 aromatic heterocycles. The number of hydrogen-bond acceptors (Lipinski definition) is 5. The maximum absolute atomic E-state index is 12.2. The summed E-state index contributed by atoms with van der Waals surface area (Å²) in [6, 6.07) is 17.2. The standard InChI is InChI=1S/C18H15Cl2N3O3S/c19-15-7-6-14(12-16(15)20)27(24,25)21-10-11-26-18-9-8-17(22-23-18)13-4-2-1-3-5-13/h1-9,12,21H,10-11H2. The quantitative estimate of drug-likeness (QED) is 0.584. The summed E-state index contributed by atoms with van der Waals surface area (Å²) in [5.74, 6) is 0.309. The lowest BCUT2D eigenvalue weighted by atomic mass is 10.1. The van der Waals surface area contributed by atoms with Gasteiger partial charge in [-0.3, -0.25) is 0 Å². The van der Waals surface area contributed by atoms with Gasteiger partial charge in [0.15, 0.2) is 0 Å². The van der Waals surface area contributed by atoms with Crippen LogP contribution in [0.5, 0.6) is 5.88 Å². The van der Waals surface area contributed by atoms with E-state index in [9.17, 15) is 8.42 Å². The average Bonchev–Trinajstić information content (AvgIpc) is 2.68. The maximum atomic E-state index is 12.2. The first kappa shape index (κ1) is 19.6. The van der Waals surface area contributed by atoms with Gasteiger partial charge in [-0.1, -0.05) is 53.5 Å². The molecule has 3 rings (SSSR count). The lowest BCUT2D eigenvalue weighted by molar-refractivity contribution is 0.307. The van der Waals surface area contributed by atoms with Crippen molar-refractivity contribution in [1.29, 1.82) is 0 Å². The van der Waals surface area contributed by atoms with Crippen LogP contribution in [0, 0.1) is 0 Å². The molecule has 0 bridgehead atoms. The summed E-state index contributed by atoms with van der Waals surface area (Å²) < 4.78 is 32.3. The van der Waals surface area contributed by atoms with Gasteiger partial charge in [0.25, 0.3) is 0 Å². The highest BCUT2D eigenvalue weighted by Crippen LogP contribution is 2.24. The molecule has 0 saturated carbocycles. The fraction of sp³-hybridized carbons (Fsp3) is 0.111. The number of nitrogens with one attached hydrogen (secondary N) is 1. The number of hydrogen-bond donors (Lipinski definition) is 1. The van der Waals surface area contributed by atoms with Gasteiger partial charge in [-0.2, -0.15) is 0 Å². The first-order chi connectivity index (χ1) is 13.0. The Hall–Kier alpha value is -2.19. The molecule has 1 heterocycles. The average molecular weight is 424 g/mol. The number of rotatable bonds is 7. The fourth-order valence-electron chi connectivity index (χ4n) is 2.22. The first-order valence-electron chi connectivity index (χ1n) is 7.92. The molecule has 27 heavy (non-hydrogen) atoms. The Kier molecular flexibility index (Phi) is 6.28. The van der Waals surface area contributed by atoms with E-state index in [1.807, 2.05) is 30.3 Å². The molecule has 0 radical (unpaired) electrons. The van der Waals surface area contributed by atoms with E-state index in [2.05, 4.69) is 14.9 Å². The van der Waals surface area contributed by atoms with Crippen LogP contribution in [0.15, 0.2) is 65.6 Å². The Balaban J connectivity index is 1.53. The van der Waals surface area contributed by atoms with Gasteiger partial charge in [0.05, 0.1) is 20.6 Å². The van der Waals surface area contributed by atoms with Crippen LogP contribution in [0.2, 0.25) is 10.0 Å². The molecule has 0 aliphatic carbocycles. The van der Waals surface area contributed by atoms with Gasteiger partial charge in [-0.05, 0) is 24.3 Å². The van der Waals surface area contributed by atoms with Crippen LogP contribution in [0.3, 0.4) is 0 Å². The normalized spacial score (nSPS) is 11.3. The van der Waals surface area contributed by atoms with Crippen molar-refractivity contribution in [2.24, 2.45) is 0 Å². The number of halogens is 2. The molecule has 140 valence electrons. The number of benzene rings is 2. The number of sulfonamides is 1. The van der Waals surface area contributed by atoms with Gasteiger partial charge in [-0.15, -0.1) is 10.2 Å². The van der Waals surface area contributed by atoms with Crippen molar-refractivity contribution in [3.8, 4) is 17.1 Å². The molecule has 0 atom stereocenters. The Morgan fingerprint density at radius 3 is 2.37 bits per heavy atom. The minimum Gasteiger partial charge on any atom is -0.475 e. The van der Waals surface area contributed by atoms with E-state index in [1.165, 1.54) is 18.2 Å². The summed E-state index contributed by atoms with van der Waals surface area (Å²) >= 11 is 11.6. The SMILES string of the molecule is O=S(=O)(NCCOc1ccc(-c2ccccc2)nn1)c1ccc(Cl)c(Cl)c1. The Bertz CT molecular complexity index is 1010. The molecule has 0 unspecified atom stereocenters. The molecule has 0 saturated heterocycles. The van der Waals surface area contributed by atoms with Crippen LogP contribution in [0.4, 0.5) is 0 Å². The van der Waals surface area contributed by atoms with Crippen molar-refractivity contribution < 1.29 is 13.2 Å². The van der Waals surface area contributed by atoms with Crippen molar-refractivity contribution in [2.45, 2.75) is 4.90 Å². The molecular weight excluding hydrogens is 409 g/mol. The second kappa shape index (κ2) is 8.67. The van der Waals surface area contributed by atoms with Gasteiger partial charge in [0.2, 0.25) is 15.9 Å². The van der Waals surface area contributed by atoms with Crippen molar-refractivity contribution >= 4 is 33.2 Å². The molecule has 0 spiro atoms. The van der Waals surface area contributed by atoms with Crippen LogP contribution in [-0.2, 0) is 10.0 Å². The third-order valence-electron chi connectivity index (χ3n) is 3.56. The second-order valence-corrected chi connectivity index (χ2v) is 8.03. The van der Waals surface area contributed by atoms with E-state index in [4.69, 9.17) is 27.9 Å². The highest BCUT2D eigenvalue weighted by Gasteiger charge is 2.15. The molecule has 0 fully saturated rings. The Morgan fingerprint density at radius 1 is 0.926 bits per heavy atom. The smallest absolute Gasteiger partial charge is 0.240 e. The highest BCUT2D eigenvalue weighted by molar-refractivity contribution is 7.89. The molecule has 1 N–H and O–H groups in total. The van der Waals surface area contributed by atoms with Crippen molar-refractivity contribution in [3.05, 3.63) is 70.7 Å². The van der Waals surface area contributed by atoms with Crippen LogP contribution in [0.1, 0.15) is 0 Å². The van der Waals surface area contributed by atoms with Gasteiger partial charge < -0.3 is 4.74 Å². The van der Waals surface area contributed by atoms with Crippen molar-refractivity contribution in [3.63, 3.8) is 0 Å². The predicted octanol–water partition coefficient (Wildman–Crippen LogP) is 3.81. The molecule has 0 amide bonds. The van der Waals surface area contributed by atoms with Crippen molar-refractivity contribution in [1.82, 2.24) is 14.9 Å². The molecule has 0 aliphatic rings. The van der Waals surface area contributed by atoms with E-state index in [0.717, 1.165) is 11.3 Å². The Morgan fingerprint density at radius 2 is 1.70 bits per heavy atom. The van der Waals surface area contributed by atoms with Crippen molar-refractivity contribution in [2.75, 3.05) is 13.2 Å². The molecular formula is C18H15Cl2N3O3S. The molecule has 3 aromatic rings. The fourth-order valence-corrected chi connectivity index (χ4v) is 3.62. The van der Waals surface area contributed by atoms with Crippen LogP contribution in [0.25, 0.3) is 11.3 Å². The zero-order valence-corrected chi connectivity index (χ0v) is 16.3. The third-order valence-corrected chi connectivity index (χ3v) is 5.75. The van der Waals surface area contributed by atoms with Gasteiger partial charge in [0.1, 0.15) is 6.61 Å². The van der Waals surface area contributed by atoms with E-state index < -0.39 is 10.0 Å². The third kappa shape index (κ3) is 5.17. The summed E-state index contributed by atoms with van der Waals surface area (Å²) in [6.07, 6.45) is 0. The molecule has 2 aromatic carbocycles. The van der Waals surface area contributed by atoms with E-state index in [1.54, 1.807) is 12.1 Å². The lowest BCUT2D eigenvalue weighted by Gasteiger charge is -2.09. The minimum absolute atomic E-state index is 0.0314. The number of nitrogens with zero attached hydrogens (tertiary/aromatic N) is 2. The summed E-state index contributed by atoms with van der Waals surface area (Å²) in [5, 5.41) is 8.55. The Labute approximate surface area is 167 Å². The maximum Gasteiger partial charge on any atom is 0.240 e. The zero-order valence-electron chi connectivity index (χ0n) is 14.0. The summed E-state index contributed by atoms with van der Waals surface area (Å²) in [5.41, 5.74) is 1.68. The predicted molar refractivity (Wildman–Crippen MR) is 105 cm³/mol. The van der Waals surface area contributed by atoms with Gasteiger partial charge in [-0.25, -0.2) is 13.1 Å². The molecule has 9 heteroatoms.